The Labute approximate surface area is 174 Å². The standard InChI is InChI=1S/C22H24N2O6/c1-12-5-3-6-14(9-12)18-15(10-23)7-4-8-16(18)29-22-19(24-13(2)26)21(28)20(27)17(11-25)30-22/h3-9,17,19-22,25,27-28H,11H2,1-2H3,(H,24,26)/t17?,19?,20-,21+,22+/m0/s1. The molecule has 3 rings (SSSR count). The van der Waals surface area contributed by atoms with Crippen LogP contribution in [0.5, 0.6) is 5.75 Å². The molecule has 4 N–H and O–H groups in total. The number of hydrogen-bond donors (Lipinski definition) is 4. The van der Waals surface area contributed by atoms with Gasteiger partial charge in [-0.05, 0) is 24.6 Å². The van der Waals surface area contributed by atoms with E-state index in [4.69, 9.17) is 9.47 Å². The number of aliphatic hydroxyl groups excluding tert-OH is 3. The summed E-state index contributed by atoms with van der Waals surface area (Å²) in [5, 5.41) is 42.3. The van der Waals surface area contributed by atoms with Crippen LogP contribution in [0.1, 0.15) is 18.1 Å². The van der Waals surface area contributed by atoms with E-state index in [1.165, 1.54) is 6.92 Å². The van der Waals surface area contributed by atoms with E-state index in [-0.39, 0.29) is 0 Å². The number of amides is 1. The Morgan fingerprint density at radius 2 is 1.97 bits per heavy atom. The van der Waals surface area contributed by atoms with Crippen molar-refractivity contribution < 1.29 is 29.6 Å². The van der Waals surface area contributed by atoms with Gasteiger partial charge in [0, 0.05) is 12.5 Å². The Morgan fingerprint density at radius 3 is 2.60 bits per heavy atom. The zero-order chi connectivity index (χ0) is 21.8. The number of benzene rings is 2. The lowest BCUT2D eigenvalue weighted by Gasteiger charge is -2.42. The number of nitrogens with zero attached hydrogens (tertiary/aromatic N) is 1. The van der Waals surface area contributed by atoms with Gasteiger partial charge in [0.05, 0.1) is 18.2 Å². The quantitative estimate of drug-likeness (QED) is 0.572. The topological polar surface area (TPSA) is 132 Å². The molecule has 1 aliphatic heterocycles. The molecule has 0 bridgehead atoms. The summed E-state index contributed by atoms with van der Waals surface area (Å²) >= 11 is 0. The molecule has 1 amide bonds. The van der Waals surface area contributed by atoms with E-state index in [2.05, 4.69) is 11.4 Å². The first kappa shape index (κ1) is 21.7. The lowest BCUT2D eigenvalue weighted by atomic mass is 9.96. The minimum Gasteiger partial charge on any atom is -0.462 e. The second kappa shape index (κ2) is 9.24. The van der Waals surface area contributed by atoms with Gasteiger partial charge in [-0.3, -0.25) is 4.79 Å². The molecule has 0 aromatic heterocycles. The molecule has 0 spiro atoms. The fraction of sp³-hybridized carbons (Fsp3) is 0.364. The number of ether oxygens (including phenoxy) is 2. The van der Waals surface area contributed by atoms with Crippen LogP contribution in [0.4, 0.5) is 0 Å². The van der Waals surface area contributed by atoms with Crippen LogP contribution < -0.4 is 10.1 Å². The average molecular weight is 412 g/mol. The number of carbonyl (C=O) groups excluding carboxylic acids is 1. The molecule has 1 fully saturated rings. The van der Waals surface area contributed by atoms with Crippen LogP contribution in [0.15, 0.2) is 42.5 Å². The number of hydrogen-bond acceptors (Lipinski definition) is 7. The number of aryl methyl sites for hydroxylation is 1. The van der Waals surface area contributed by atoms with E-state index >= 15 is 0 Å². The third kappa shape index (κ3) is 4.45. The molecule has 158 valence electrons. The summed E-state index contributed by atoms with van der Waals surface area (Å²) in [4.78, 5) is 11.6. The Balaban J connectivity index is 2.03. The van der Waals surface area contributed by atoms with Gasteiger partial charge >= 0.3 is 0 Å². The third-order valence-electron chi connectivity index (χ3n) is 4.95. The molecule has 8 heteroatoms. The highest BCUT2D eigenvalue weighted by Gasteiger charge is 2.46. The second-order valence-electron chi connectivity index (χ2n) is 7.21. The van der Waals surface area contributed by atoms with Crippen LogP contribution in [0.3, 0.4) is 0 Å². The highest BCUT2D eigenvalue weighted by atomic mass is 16.7. The first-order chi connectivity index (χ1) is 14.3. The maximum Gasteiger partial charge on any atom is 0.223 e. The second-order valence-corrected chi connectivity index (χ2v) is 7.21. The summed E-state index contributed by atoms with van der Waals surface area (Å²) in [6.07, 6.45) is -5.14. The van der Waals surface area contributed by atoms with Crippen LogP contribution in [0.25, 0.3) is 11.1 Å². The first-order valence-corrected chi connectivity index (χ1v) is 9.52. The zero-order valence-corrected chi connectivity index (χ0v) is 16.6. The number of nitriles is 1. The summed E-state index contributed by atoms with van der Waals surface area (Å²) in [6, 6.07) is 13.6. The van der Waals surface area contributed by atoms with Crippen molar-refractivity contribution in [2.75, 3.05) is 6.61 Å². The number of rotatable bonds is 5. The molecule has 0 saturated carbocycles. The van der Waals surface area contributed by atoms with Crippen LogP contribution in [-0.4, -0.2) is 58.5 Å². The molecular formula is C22H24N2O6. The van der Waals surface area contributed by atoms with Crippen molar-refractivity contribution in [3.63, 3.8) is 0 Å². The molecule has 1 aliphatic rings. The van der Waals surface area contributed by atoms with Gasteiger partial charge < -0.3 is 30.1 Å². The predicted octanol–water partition coefficient (Wildman–Crippen LogP) is 0.856. The van der Waals surface area contributed by atoms with Crippen molar-refractivity contribution >= 4 is 5.91 Å². The Bertz CT molecular complexity index is 957. The van der Waals surface area contributed by atoms with E-state index in [0.717, 1.165) is 11.1 Å². The van der Waals surface area contributed by atoms with Crippen molar-refractivity contribution in [2.45, 2.75) is 44.5 Å². The summed E-state index contributed by atoms with van der Waals surface area (Å²) < 4.78 is 11.7. The van der Waals surface area contributed by atoms with Crippen molar-refractivity contribution in [1.82, 2.24) is 5.32 Å². The van der Waals surface area contributed by atoms with Gasteiger partial charge in [0.1, 0.15) is 30.1 Å². The normalized spacial score (nSPS) is 25.9. The molecule has 0 radical (unpaired) electrons. The first-order valence-electron chi connectivity index (χ1n) is 9.52. The minimum absolute atomic E-state index is 0.306. The van der Waals surface area contributed by atoms with Gasteiger partial charge in [-0.2, -0.15) is 5.26 Å². The minimum atomic E-state index is -1.42. The maximum absolute atomic E-state index is 11.6. The lowest BCUT2D eigenvalue weighted by Crippen LogP contribution is -2.65. The Kier molecular flexibility index (Phi) is 6.70. The molecule has 5 atom stereocenters. The average Bonchev–Trinajstić information content (AvgIpc) is 2.72. The van der Waals surface area contributed by atoms with Crippen LogP contribution >= 0.6 is 0 Å². The molecule has 0 aliphatic carbocycles. The summed E-state index contributed by atoms with van der Waals surface area (Å²) in [5.74, 6) is -0.143. The van der Waals surface area contributed by atoms with Crippen LogP contribution in [-0.2, 0) is 9.53 Å². The van der Waals surface area contributed by atoms with E-state index in [9.17, 15) is 25.4 Å². The molecule has 1 saturated heterocycles. The van der Waals surface area contributed by atoms with E-state index < -0.39 is 43.2 Å². The Morgan fingerprint density at radius 1 is 1.23 bits per heavy atom. The van der Waals surface area contributed by atoms with Gasteiger partial charge in [-0.15, -0.1) is 0 Å². The SMILES string of the molecule is CC(=O)NC1[C@H](Oc2cccc(C#N)c2-c2cccc(C)c2)OC(CO)[C@H](O)[C@@H]1O. The highest BCUT2D eigenvalue weighted by molar-refractivity contribution is 5.77. The van der Waals surface area contributed by atoms with Gasteiger partial charge in [-0.1, -0.05) is 35.9 Å². The van der Waals surface area contributed by atoms with Gasteiger partial charge in [-0.25, -0.2) is 0 Å². The molecule has 2 aromatic carbocycles. The fourth-order valence-corrected chi connectivity index (χ4v) is 3.52. The summed E-state index contributed by atoms with van der Waals surface area (Å²) in [7, 11) is 0. The largest absolute Gasteiger partial charge is 0.462 e. The molecule has 2 unspecified atom stereocenters. The van der Waals surface area contributed by atoms with Gasteiger partial charge in [0.25, 0.3) is 0 Å². The Hall–Kier alpha value is -2.96. The smallest absolute Gasteiger partial charge is 0.223 e. The molecule has 30 heavy (non-hydrogen) atoms. The van der Waals surface area contributed by atoms with Crippen molar-refractivity contribution in [1.29, 1.82) is 5.26 Å². The van der Waals surface area contributed by atoms with Gasteiger partial charge in [0.2, 0.25) is 12.2 Å². The molecule has 1 heterocycles. The van der Waals surface area contributed by atoms with E-state index in [1.54, 1.807) is 18.2 Å². The molecular weight excluding hydrogens is 388 g/mol. The van der Waals surface area contributed by atoms with Gasteiger partial charge in [0.15, 0.2) is 0 Å². The summed E-state index contributed by atoms with van der Waals surface area (Å²) in [6.45, 7) is 2.65. The summed E-state index contributed by atoms with van der Waals surface area (Å²) in [5.41, 5.74) is 2.67. The predicted molar refractivity (Wildman–Crippen MR) is 107 cm³/mol. The maximum atomic E-state index is 11.6. The number of aliphatic hydroxyl groups is 3. The van der Waals surface area contributed by atoms with Crippen molar-refractivity contribution in [3.8, 4) is 22.9 Å². The highest BCUT2D eigenvalue weighted by Crippen LogP contribution is 2.36. The fourth-order valence-electron chi connectivity index (χ4n) is 3.52. The number of carbonyl (C=O) groups is 1. The van der Waals surface area contributed by atoms with E-state index in [0.29, 0.717) is 16.9 Å². The van der Waals surface area contributed by atoms with Crippen LogP contribution in [0.2, 0.25) is 0 Å². The molecule has 2 aromatic rings. The zero-order valence-electron chi connectivity index (χ0n) is 16.6. The van der Waals surface area contributed by atoms with E-state index in [1.807, 2.05) is 31.2 Å². The van der Waals surface area contributed by atoms with Crippen LogP contribution in [0, 0.1) is 18.3 Å². The molecule has 8 nitrogen and oxygen atoms in total. The van der Waals surface area contributed by atoms with Crippen molar-refractivity contribution in [3.05, 3.63) is 53.6 Å². The lowest BCUT2D eigenvalue weighted by molar-refractivity contribution is -0.244. The number of nitrogens with one attached hydrogen (secondary N) is 1. The van der Waals surface area contributed by atoms with Crippen molar-refractivity contribution in [2.24, 2.45) is 0 Å². The third-order valence-corrected chi connectivity index (χ3v) is 4.95. The monoisotopic (exact) mass is 412 g/mol.